The van der Waals surface area contributed by atoms with Crippen molar-refractivity contribution in [2.75, 3.05) is 13.1 Å². The van der Waals surface area contributed by atoms with Crippen LogP contribution in [-0.4, -0.2) is 23.6 Å². The van der Waals surface area contributed by atoms with Gasteiger partial charge in [-0.2, -0.15) is 0 Å². The number of hydrogen-bond acceptors (Lipinski definition) is 3. The molecule has 3 N–H and O–H groups in total. The Hall–Kier alpha value is -1.85. The lowest BCUT2D eigenvalue weighted by molar-refractivity contribution is -0.121. The van der Waals surface area contributed by atoms with Gasteiger partial charge in [0.05, 0.1) is 0 Å². The molecular weight excluding hydrogens is 278 g/mol. The molecule has 0 radical (unpaired) electrons. The SMILES string of the molecule is NCCNC(=O)CCn1ccc2cc(Cl)ccc2c1=O. The van der Waals surface area contributed by atoms with Crippen molar-refractivity contribution >= 4 is 28.3 Å². The standard InChI is InChI=1S/C14H16ClN3O2/c15-11-1-2-12-10(9-11)3-7-18(14(12)20)8-4-13(19)17-6-5-16/h1-3,7,9H,4-6,8,16H2,(H,17,19). The van der Waals surface area contributed by atoms with Crippen LogP contribution in [0.1, 0.15) is 6.42 Å². The van der Waals surface area contributed by atoms with Crippen molar-refractivity contribution in [1.29, 1.82) is 0 Å². The predicted molar refractivity (Wildman–Crippen MR) is 79.9 cm³/mol. The van der Waals surface area contributed by atoms with Crippen LogP contribution in [0.15, 0.2) is 35.3 Å². The molecule has 5 nitrogen and oxygen atoms in total. The number of nitrogens with zero attached hydrogens (tertiary/aromatic N) is 1. The molecule has 1 amide bonds. The fourth-order valence-corrected chi connectivity index (χ4v) is 2.14. The number of carbonyl (C=O) groups is 1. The Kier molecular flexibility index (Phi) is 4.76. The second kappa shape index (κ2) is 6.54. The van der Waals surface area contributed by atoms with Crippen molar-refractivity contribution in [3.8, 4) is 0 Å². The first-order valence-electron chi connectivity index (χ1n) is 6.37. The van der Waals surface area contributed by atoms with Crippen LogP contribution < -0.4 is 16.6 Å². The maximum atomic E-state index is 12.2. The van der Waals surface area contributed by atoms with E-state index in [0.29, 0.717) is 30.0 Å². The van der Waals surface area contributed by atoms with Gasteiger partial charge in [-0.1, -0.05) is 11.6 Å². The lowest BCUT2D eigenvalue weighted by atomic mass is 10.2. The highest BCUT2D eigenvalue weighted by molar-refractivity contribution is 6.31. The Labute approximate surface area is 121 Å². The second-order valence-corrected chi connectivity index (χ2v) is 4.87. The van der Waals surface area contributed by atoms with Crippen molar-refractivity contribution in [3.63, 3.8) is 0 Å². The molecule has 2 aromatic rings. The summed E-state index contributed by atoms with van der Waals surface area (Å²) in [5, 5.41) is 4.66. The van der Waals surface area contributed by atoms with E-state index in [2.05, 4.69) is 5.32 Å². The molecule has 0 aliphatic carbocycles. The summed E-state index contributed by atoms with van der Waals surface area (Å²) in [6.07, 6.45) is 1.93. The predicted octanol–water partition coefficient (Wildman–Crippen LogP) is 1.12. The van der Waals surface area contributed by atoms with Crippen LogP contribution in [0.25, 0.3) is 10.8 Å². The molecule has 0 saturated carbocycles. The van der Waals surface area contributed by atoms with E-state index in [9.17, 15) is 9.59 Å². The van der Waals surface area contributed by atoms with Crippen LogP contribution in [0.2, 0.25) is 5.02 Å². The third kappa shape index (κ3) is 3.37. The fraction of sp³-hybridized carbons (Fsp3) is 0.286. The summed E-state index contributed by atoms with van der Waals surface area (Å²) >= 11 is 5.89. The summed E-state index contributed by atoms with van der Waals surface area (Å²) in [5.41, 5.74) is 5.18. The van der Waals surface area contributed by atoms with E-state index in [1.165, 1.54) is 4.57 Å². The summed E-state index contributed by atoms with van der Waals surface area (Å²) in [6, 6.07) is 6.95. The van der Waals surface area contributed by atoms with E-state index in [4.69, 9.17) is 17.3 Å². The van der Waals surface area contributed by atoms with Gasteiger partial charge in [-0.25, -0.2) is 0 Å². The molecule has 106 valence electrons. The van der Waals surface area contributed by atoms with Crippen LogP contribution in [0.5, 0.6) is 0 Å². The molecule has 0 bridgehead atoms. The van der Waals surface area contributed by atoms with Gasteiger partial charge in [0.2, 0.25) is 5.91 Å². The monoisotopic (exact) mass is 293 g/mol. The van der Waals surface area contributed by atoms with Crippen LogP contribution in [-0.2, 0) is 11.3 Å². The van der Waals surface area contributed by atoms with E-state index in [0.717, 1.165) is 5.39 Å². The highest BCUT2D eigenvalue weighted by atomic mass is 35.5. The Morgan fingerprint density at radius 1 is 1.35 bits per heavy atom. The Bertz CT molecular complexity index is 682. The highest BCUT2D eigenvalue weighted by Gasteiger charge is 2.05. The van der Waals surface area contributed by atoms with Crippen molar-refractivity contribution in [3.05, 3.63) is 45.8 Å². The molecule has 0 aliphatic rings. The lowest BCUT2D eigenvalue weighted by Crippen LogP contribution is -2.30. The van der Waals surface area contributed by atoms with Crippen molar-refractivity contribution < 1.29 is 4.79 Å². The molecule has 0 spiro atoms. The van der Waals surface area contributed by atoms with Gasteiger partial charge in [0.25, 0.3) is 5.56 Å². The lowest BCUT2D eigenvalue weighted by Gasteiger charge is -2.08. The van der Waals surface area contributed by atoms with Crippen LogP contribution in [0, 0.1) is 0 Å². The summed E-state index contributed by atoms with van der Waals surface area (Å²) < 4.78 is 1.53. The molecule has 0 saturated heterocycles. The van der Waals surface area contributed by atoms with Crippen molar-refractivity contribution in [2.45, 2.75) is 13.0 Å². The zero-order chi connectivity index (χ0) is 14.5. The molecular formula is C14H16ClN3O2. The number of fused-ring (bicyclic) bond motifs is 1. The first kappa shape index (κ1) is 14.6. The molecule has 1 aromatic carbocycles. The Balaban J connectivity index is 2.15. The quantitative estimate of drug-likeness (QED) is 0.867. The van der Waals surface area contributed by atoms with Gasteiger partial charge in [-0.3, -0.25) is 9.59 Å². The number of carbonyl (C=O) groups excluding carboxylic acids is 1. The molecule has 1 heterocycles. The summed E-state index contributed by atoms with van der Waals surface area (Å²) in [7, 11) is 0. The topological polar surface area (TPSA) is 77.1 Å². The number of benzene rings is 1. The zero-order valence-corrected chi connectivity index (χ0v) is 11.7. The molecule has 0 atom stereocenters. The molecule has 0 fully saturated rings. The van der Waals surface area contributed by atoms with Gasteiger partial charge in [0.15, 0.2) is 0 Å². The maximum absolute atomic E-state index is 12.2. The molecule has 0 unspecified atom stereocenters. The summed E-state index contributed by atoms with van der Waals surface area (Å²) in [5.74, 6) is -0.112. The number of pyridine rings is 1. The number of amides is 1. The minimum absolute atomic E-state index is 0.112. The highest BCUT2D eigenvalue weighted by Crippen LogP contribution is 2.16. The number of hydrogen-bond donors (Lipinski definition) is 2. The number of halogens is 1. The second-order valence-electron chi connectivity index (χ2n) is 4.43. The molecule has 1 aromatic heterocycles. The third-order valence-corrected chi connectivity index (χ3v) is 3.22. The van der Waals surface area contributed by atoms with E-state index in [1.807, 2.05) is 6.07 Å². The average Bonchev–Trinajstić information content (AvgIpc) is 2.44. The Morgan fingerprint density at radius 2 is 2.15 bits per heavy atom. The van der Waals surface area contributed by atoms with Gasteiger partial charge >= 0.3 is 0 Å². The third-order valence-electron chi connectivity index (χ3n) is 2.99. The van der Waals surface area contributed by atoms with Gasteiger partial charge in [-0.05, 0) is 29.7 Å². The molecule has 20 heavy (non-hydrogen) atoms. The molecule has 0 aliphatic heterocycles. The number of nitrogens with two attached hydrogens (primary N) is 1. The number of aryl methyl sites for hydroxylation is 1. The van der Waals surface area contributed by atoms with Gasteiger partial charge in [-0.15, -0.1) is 0 Å². The van der Waals surface area contributed by atoms with E-state index >= 15 is 0 Å². The smallest absolute Gasteiger partial charge is 0.258 e. The molecule has 6 heteroatoms. The average molecular weight is 294 g/mol. The summed E-state index contributed by atoms with van der Waals surface area (Å²) in [6.45, 7) is 1.19. The van der Waals surface area contributed by atoms with E-state index in [-0.39, 0.29) is 17.9 Å². The largest absolute Gasteiger partial charge is 0.355 e. The first-order valence-corrected chi connectivity index (χ1v) is 6.75. The van der Waals surface area contributed by atoms with Crippen LogP contribution >= 0.6 is 11.6 Å². The van der Waals surface area contributed by atoms with Crippen molar-refractivity contribution in [1.82, 2.24) is 9.88 Å². The van der Waals surface area contributed by atoms with Crippen LogP contribution in [0.4, 0.5) is 0 Å². The van der Waals surface area contributed by atoms with Gasteiger partial charge in [0.1, 0.15) is 0 Å². The van der Waals surface area contributed by atoms with Crippen LogP contribution in [0.3, 0.4) is 0 Å². The van der Waals surface area contributed by atoms with E-state index < -0.39 is 0 Å². The fourth-order valence-electron chi connectivity index (χ4n) is 1.96. The zero-order valence-electron chi connectivity index (χ0n) is 10.9. The van der Waals surface area contributed by atoms with Crippen molar-refractivity contribution in [2.24, 2.45) is 5.73 Å². The summed E-state index contributed by atoms with van der Waals surface area (Å²) in [4.78, 5) is 23.7. The molecule has 2 rings (SSSR count). The minimum atomic E-state index is -0.120. The number of aromatic nitrogens is 1. The maximum Gasteiger partial charge on any atom is 0.258 e. The number of rotatable bonds is 5. The normalized spacial score (nSPS) is 10.7. The number of nitrogens with one attached hydrogen (secondary N) is 1. The van der Waals surface area contributed by atoms with Gasteiger partial charge < -0.3 is 15.6 Å². The van der Waals surface area contributed by atoms with Gasteiger partial charge in [0, 0.05) is 42.7 Å². The Morgan fingerprint density at radius 3 is 2.90 bits per heavy atom. The van der Waals surface area contributed by atoms with E-state index in [1.54, 1.807) is 24.4 Å². The minimum Gasteiger partial charge on any atom is -0.355 e. The first-order chi connectivity index (χ1) is 9.61.